The first-order valence-electron chi connectivity index (χ1n) is 7.60. The van der Waals surface area contributed by atoms with Crippen molar-refractivity contribution < 1.29 is 14.6 Å². The molecule has 7 heteroatoms. The molecule has 0 aliphatic heterocycles. The maximum Gasteiger partial charge on any atom is 0.313 e. The smallest absolute Gasteiger partial charge is 0.313 e. The largest absolute Gasteiger partial charge is 0.497 e. The van der Waals surface area contributed by atoms with Gasteiger partial charge in [-0.2, -0.15) is 0 Å². The molecule has 0 fully saturated rings. The fourth-order valence-electron chi connectivity index (χ4n) is 2.34. The number of carboxylic acids is 1. The number of aliphatic carboxylic acids is 1. The van der Waals surface area contributed by atoms with E-state index >= 15 is 0 Å². The van der Waals surface area contributed by atoms with Gasteiger partial charge in [0, 0.05) is 11.3 Å². The molecule has 0 saturated carbocycles. The summed E-state index contributed by atoms with van der Waals surface area (Å²) in [5, 5.41) is 18.0. The number of aryl methyl sites for hydroxylation is 1. The van der Waals surface area contributed by atoms with Crippen LogP contribution in [-0.2, 0) is 4.79 Å². The molecule has 1 N–H and O–H groups in total. The predicted molar refractivity (Wildman–Crippen MR) is 96.4 cm³/mol. The normalized spacial score (nSPS) is 10.6. The molecular weight excluding hydrogens is 338 g/mol. The number of rotatable bonds is 6. The summed E-state index contributed by atoms with van der Waals surface area (Å²) in [6, 6.07) is 15.4. The molecule has 0 aliphatic rings. The Hall–Kier alpha value is -2.80. The van der Waals surface area contributed by atoms with E-state index in [0.717, 1.165) is 34.3 Å². The Morgan fingerprint density at radius 2 is 1.80 bits per heavy atom. The molecule has 0 saturated heterocycles. The second kappa shape index (κ2) is 7.40. The molecule has 1 heterocycles. The first kappa shape index (κ1) is 17.0. The van der Waals surface area contributed by atoms with Gasteiger partial charge in [0.1, 0.15) is 5.75 Å². The lowest BCUT2D eigenvalue weighted by Gasteiger charge is -2.11. The van der Waals surface area contributed by atoms with Gasteiger partial charge in [0.15, 0.2) is 11.0 Å². The topological polar surface area (TPSA) is 77.2 Å². The Bertz CT molecular complexity index is 874. The summed E-state index contributed by atoms with van der Waals surface area (Å²) < 4.78 is 7.06. The van der Waals surface area contributed by atoms with Crippen LogP contribution in [0.3, 0.4) is 0 Å². The zero-order valence-electron chi connectivity index (χ0n) is 13.8. The summed E-state index contributed by atoms with van der Waals surface area (Å²) in [4.78, 5) is 10.9. The number of methoxy groups -OCH3 is 1. The van der Waals surface area contributed by atoms with Crippen molar-refractivity contribution in [1.82, 2.24) is 14.8 Å². The molecule has 0 bridgehead atoms. The molecular formula is C18H17N3O3S. The molecule has 0 spiro atoms. The summed E-state index contributed by atoms with van der Waals surface area (Å²) in [5.74, 6) is 0.431. The minimum atomic E-state index is -0.897. The van der Waals surface area contributed by atoms with Gasteiger partial charge >= 0.3 is 5.97 Å². The van der Waals surface area contributed by atoms with Gasteiger partial charge in [0.2, 0.25) is 0 Å². The van der Waals surface area contributed by atoms with E-state index in [1.807, 2.05) is 60.0 Å². The Morgan fingerprint density at radius 3 is 2.40 bits per heavy atom. The first-order chi connectivity index (χ1) is 12.1. The number of carbonyl (C=O) groups is 1. The van der Waals surface area contributed by atoms with E-state index in [-0.39, 0.29) is 5.75 Å². The number of nitrogens with zero attached hydrogens (tertiary/aromatic N) is 3. The first-order valence-corrected chi connectivity index (χ1v) is 8.58. The van der Waals surface area contributed by atoms with Crippen LogP contribution in [-0.4, -0.2) is 38.7 Å². The monoisotopic (exact) mass is 355 g/mol. The zero-order chi connectivity index (χ0) is 17.8. The molecule has 3 aromatic rings. The van der Waals surface area contributed by atoms with Gasteiger partial charge in [-0.1, -0.05) is 41.6 Å². The third-order valence-electron chi connectivity index (χ3n) is 3.60. The van der Waals surface area contributed by atoms with Crippen LogP contribution in [0.5, 0.6) is 5.75 Å². The van der Waals surface area contributed by atoms with Crippen molar-refractivity contribution >= 4 is 17.7 Å². The van der Waals surface area contributed by atoms with Gasteiger partial charge in [-0.3, -0.25) is 9.36 Å². The Kier molecular flexibility index (Phi) is 5.04. The Balaban J connectivity index is 2.08. The molecule has 1 aromatic heterocycles. The molecule has 0 unspecified atom stereocenters. The third-order valence-corrected chi connectivity index (χ3v) is 4.51. The SMILES string of the molecule is COc1ccc(-n2c(SCC(=O)O)nnc2-c2ccc(C)cc2)cc1. The van der Waals surface area contributed by atoms with Crippen molar-refractivity contribution in [3.8, 4) is 22.8 Å². The summed E-state index contributed by atoms with van der Waals surface area (Å²) in [6.07, 6.45) is 0. The van der Waals surface area contributed by atoms with Crippen LogP contribution >= 0.6 is 11.8 Å². The van der Waals surface area contributed by atoms with Gasteiger partial charge in [-0.15, -0.1) is 10.2 Å². The van der Waals surface area contributed by atoms with Crippen molar-refractivity contribution in [2.75, 3.05) is 12.9 Å². The van der Waals surface area contributed by atoms with Crippen LogP contribution in [0.2, 0.25) is 0 Å². The lowest BCUT2D eigenvalue weighted by atomic mass is 10.1. The fraction of sp³-hybridized carbons (Fsp3) is 0.167. The molecule has 2 aromatic carbocycles. The average Bonchev–Trinajstić information content (AvgIpc) is 3.04. The van der Waals surface area contributed by atoms with Crippen molar-refractivity contribution in [3.63, 3.8) is 0 Å². The van der Waals surface area contributed by atoms with Crippen LogP contribution < -0.4 is 4.74 Å². The molecule has 6 nitrogen and oxygen atoms in total. The predicted octanol–water partition coefficient (Wildman–Crippen LogP) is 3.43. The summed E-state index contributed by atoms with van der Waals surface area (Å²) >= 11 is 1.14. The second-order valence-electron chi connectivity index (χ2n) is 5.39. The van der Waals surface area contributed by atoms with E-state index in [2.05, 4.69) is 10.2 Å². The highest BCUT2D eigenvalue weighted by molar-refractivity contribution is 7.99. The highest BCUT2D eigenvalue weighted by Gasteiger charge is 2.17. The van der Waals surface area contributed by atoms with E-state index in [1.54, 1.807) is 7.11 Å². The maximum absolute atomic E-state index is 10.9. The van der Waals surface area contributed by atoms with Gasteiger partial charge < -0.3 is 9.84 Å². The van der Waals surface area contributed by atoms with Gasteiger partial charge in [0.25, 0.3) is 0 Å². The standard InChI is InChI=1S/C18H17N3O3S/c1-12-3-5-13(6-4-12)17-19-20-18(25-11-16(22)23)21(17)14-7-9-15(24-2)10-8-14/h3-10H,11H2,1-2H3,(H,22,23). The number of benzene rings is 2. The average molecular weight is 355 g/mol. The number of thioether (sulfide) groups is 1. The third kappa shape index (κ3) is 3.83. The van der Waals surface area contributed by atoms with Crippen LogP contribution in [0.1, 0.15) is 5.56 Å². The van der Waals surface area contributed by atoms with E-state index < -0.39 is 5.97 Å². The van der Waals surface area contributed by atoms with Gasteiger partial charge in [-0.25, -0.2) is 0 Å². The molecule has 0 radical (unpaired) electrons. The Morgan fingerprint density at radius 1 is 1.12 bits per heavy atom. The quantitative estimate of drug-likeness (QED) is 0.683. The lowest BCUT2D eigenvalue weighted by molar-refractivity contribution is -0.133. The second-order valence-corrected chi connectivity index (χ2v) is 6.33. The fourth-order valence-corrected chi connectivity index (χ4v) is 3.02. The van der Waals surface area contributed by atoms with E-state index in [9.17, 15) is 4.79 Å². The number of aromatic nitrogens is 3. The maximum atomic E-state index is 10.9. The summed E-state index contributed by atoms with van der Waals surface area (Å²) in [7, 11) is 1.61. The van der Waals surface area contributed by atoms with E-state index in [1.165, 1.54) is 0 Å². The van der Waals surface area contributed by atoms with Gasteiger partial charge in [-0.05, 0) is 31.2 Å². The summed E-state index contributed by atoms with van der Waals surface area (Å²) in [6.45, 7) is 2.02. The lowest BCUT2D eigenvalue weighted by Crippen LogP contribution is -2.03. The zero-order valence-corrected chi connectivity index (χ0v) is 14.7. The van der Waals surface area contributed by atoms with Crippen LogP contribution in [0.4, 0.5) is 0 Å². The van der Waals surface area contributed by atoms with Crippen LogP contribution in [0.15, 0.2) is 53.7 Å². The van der Waals surface area contributed by atoms with E-state index in [0.29, 0.717) is 11.0 Å². The molecule has 25 heavy (non-hydrogen) atoms. The van der Waals surface area contributed by atoms with Crippen molar-refractivity contribution in [1.29, 1.82) is 0 Å². The minimum Gasteiger partial charge on any atom is -0.497 e. The molecule has 0 amide bonds. The minimum absolute atomic E-state index is 0.0812. The molecule has 3 rings (SSSR count). The van der Waals surface area contributed by atoms with Crippen LogP contribution in [0.25, 0.3) is 17.1 Å². The van der Waals surface area contributed by atoms with Crippen molar-refractivity contribution in [2.24, 2.45) is 0 Å². The Labute approximate surface area is 149 Å². The number of hydrogen-bond donors (Lipinski definition) is 1. The number of ether oxygens (including phenoxy) is 1. The summed E-state index contributed by atoms with van der Waals surface area (Å²) in [5.41, 5.74) is 2.91. The van der Waals surface area contributed by atoms with Crippen molar-refractivity contribution in [2.45, 2.75) is 12.1 Å². The molecule has 0 aliphatic carbocycles. The molecule has 0 atom stereocenters. The number of hydrogen-bond acceptors (Lipinski definition) is 5. The number of carboxylic acid groups (broad SMARTS) is 1. The highest BCUT2D eigenvalue weighted by Crippen LogP contribution is 2.29. The van der Waals surface area contributed by atoms with Crippen molar-refractivity contribution in [3.05, 3.63) is 54.1 Å². The highest BCUT2D eigenvalue weighted by atomic mass is 32.2. The molecule has 128 valence electrons. The van der Waals surface area contributed by atoms with E-state index in [4.69, 9.17) is 9.84 Å². The van der Waals surface area contributed by atoms with Crippen LogP contribution in [0, 0.1) is 6.92 Å². The van der Waals surface area contributed by atoms with Gasteiger partial charge in [0.05, 0.1) is 12.9 Å².